The van der Waals surface area contributed by atoms with Gasteiger partial charge in [-0.15, -0.1) is 0 Å². The van der Waals surface area contributed by atoms with Gasteiger partial charge in [0.15, 0.2) is 8.07 Å². The first-order valence-corrected chi connectivity index (χ1v) is 24.4. The van der Waals surface area contributed by atoms with Gasteiger partial charge in [-0.25, -0.2) is 0 Å². The molecule has 1 aliphatic rings. The van der Waals surface area contributed by atoms with E-state index < -0.39 is 8.07 Å². The van der Waals surface area contributed by atoms with E-state index in [2.05, 4.69) is 250 Å². The maximum absolute atomic E-state index is 2.91. The highest BCUT2D eigenvalue weighted by Crippen LogP contribution is 2.40. The van der Waals surface area contributed by atoms with Crippen LogP contribution in [0.3, 0.4) is 0 Å². The number of rotatable bonds is 7. The van der Waals surface area contributed by atoms with Gasteiger partial charge in [-0.05, 0) is 100 Å². The van der Waals surface area contributed by atoms with Crippen LogP contribution in [0.2, 0.25) is 0 Å². The molecule has 0 aliphatic heterocycles. The van der Waals surface area contributed by atoms with Crippen LogP contribution in [0.1, 0.15) is 12.8 Å². The van der Waals surface area contributed by atoms with E-state index in [0.29, 0.717) is 0 Å². The molecular formula is C60H43N3Si. The molecule has 0 atom stereocenters. The second-order valence-electron chi connectivity index (χ2n) is 17.2. The van der Waals surface area contributed by atoms with Gasteiger partial charge in [0.1, 0.15) is 0 Å². The Bertz CT molecular complexity index is 3770. The molecule has 4 heteroatoms. The first-order chi connectivity index (χ1) is 31.8. The van der Waals surface area contributed by atoms with Crippen LogP contribution in [0.5, 0.6) is 0 Å². The minimum atomic E-state index is -2.91. The molecule has 1 aliphatic carbocycles. The summed E-state index contributed by atoms with van der Waals surface area (Å²) in [5, 5.41) is 13.1. The Morgan fingerprint density at radius 2 is 0.750 bits per heavy atom. The lowest BCUT2D eigenvalue weighted by Gasteiger charge is -2.34. The highest BCUT2D eigenvalue weighted by atomic mass is 28.3. The fourth-order valence-electron chi connectivity index (χ4n) is 11.1. The van der Waals surface area contributed by atoms with E-state index in [1.165, 1.54) is 91.9 Å². The minimum Gasteiger partial charge on any atom is -0.313 e. The maximum Gasteiger partial charge on any atom is 0.179 e. The van der Waals surface area contributed by atoms with Crippen LogP contribution in [-0.4, -0.2) is 21.8 Å². The molecule has 0 unspecified atom stereocenters. The summed E-state index contributed by atoms with van der Waals surface area (Å²) in [6.07, 6.45) is 8.87. The third-order valence-corrected chi connectivity index (χ3v) is 18.6. The van der Waals surface area contributed by atoms with E-state index in [1.54, 1.807) is 0 Å². The third kappa shape index (κ3) is 5.39. The Morgan fingerprint density at radius 3 is 1.31 bits per heavy atom. The molecule has 64 heavy (non-hydrogen) atoms. The fraction of sp³-hybridized carbons (Fsp3) is 0.0333. The Hall–Kier alpha value is -7.92. The predicted octanol–water partition coefficient (Wildman–Crippen LogP) is 12.6. The van der Waals surface area contributed by atoms with Crippen LogP contribution < -0.4 is 20.7 Å². The molecule has 0 amide bonds. The number of hydrogen-bond donors (Lipinski definition) is 0. The van der Waals surface area contributed by atoms with Gasteiger partial charge < -0.3 is 13.7 Å². The lowest BCUT2D eigenvalue weighted by molar-refractivity contribution is 0.979. The van der Waals surface area contributed by atoms with Crippen molar-refractivity contribution in [3.63, 3.8) is 0 Å². The van der Waals surface area contributed by atoms with Crippen molar-refractivity contribution >= 4 is 99.9 Å². The standard InChI is InChI=1S/C60H43N3Si/c1-5-19-42(20-6-1)61-55-30-16-13-27-49(55)52-38-37-48(39-58(52)61)64(45-23-9-3-10-24-45,46-25-11-4-12-26-46)47-35-33-44(34-36-47)63-57-32-18-15-29-51(57)54-40-53-50-28-14-17-31-56(50)62(59(53)41-60(54)63)43-21-7-2-8-22-43/h1-5,7-19,21-41H,6,20H2. The first kappa shape index (κ1) is 36.7. The fourth-order valence-corrected chi connectivity index (χ4v) is 15.8. The molecule has 0 radical (unpaired) electrons. The van der Waals surface area contributed by atoms with Crippen LogP contribution in [0.4, 0.5) is 0 Å². The molecule has 0 spiro atoms. The smallest absolute Gasteiger partial charge is 0.179 e. The van der Waals surface area contributed by atoms with Crippen molar-refractivity contribution in [3.8, 4) is 11.4 Å². The van der Waals surface area contributed by atoms with Crippen molar-refractivity contribution < 1.29 is 0 Å². The van der Waals surface area contributed by atoms with E-state index in [0.717, 1.165) is 24.2 Å². The number of fused-ring (bicyclic) bond motifs is 9. The summed E-state index contributed by atoms with van der Waals surface area (Å²) in [6.45, 7) is 0. The number of para-hydroxylation sites is 4. The topological polar surface area (TPSA) is 14.8 Å². The molecule has 9 aromatic carbocycles. The summed E-state index contributed by atoms with van der Waals surface area (Å²) >= 11 is 0. The molecule has 0 bridgehead atoms. The molecule has 302 valence electrons. The number of hydrogen-bond acceptors (Lipinski definition) is 0. The zero-order chi connectivity index (χ0) is 42.2. The summed E-state index contributed by atoms with van der Waals surface area (Å²) in [5.74, 6) is 0. The van der Waals surface area contributed by atoms with Crippen LogP contribution in [0.25, 0.3) is 82.5 Å². The zero-order valence-electron chi connectivity index (χ0n) is 35.3. The molecular weight excluding hydrogens is 791 g/mol. The molecule has 0 saturated heterocycles. The van der Waals surface area contributed by atoms with Crippen LogP contribution in [0, 0.1) is 0 Å². The number of allylic oxidation sites excluding steroid dienone is 4. The van der Waals surface area contributed by atoms with Crippen molar-refractivity contribution in [1.29, 1.82) is 0 Å². The van der Waals surface area contributed by atoms with Crippen LogP contribution in [-0.2, 0) is 0 Å². The molecule has 0 saturated carbocycles. The van der Waals surface area contributed by atoms with Gasteiger partial charge in [0.2, 0.25) is 0 Å². The Morgan fingerprint density at radius 1 is 0.312 bits per heavy atom. The van der Waals surface area contributed by atoms with Crippen LogP contribution in [0.15, 0.2) is 237 Å². The van der Waals surface area contributed by atoms with Crippen molar-refractivity contribution in [2.45, 2.75) is 12.8 Å². The van der Waals surface area contributed by atoms with Crippen LogP contribution >= 0.6 is 0 Å². The average molecular weight is 834 g/mol. The molecule has 3 heterocycles. The third-order valence-electron chi connectivity index (χ3n) is 13.8. The minimum absolute atomic E-state index is 1.01. The monoisotopic (exact) mass is 833 g/mol. The van der Waals surface area contributed by atoms with E-state index in [4.69, 9.17) is 0 Å². The normalized spacial score (nSPS) is 13.2. The first-order valence-electron chi connectivity index (χ1n) is 22.4. The average Bonchev–Trinajstić information content (AvgIpc) is 4.00. The SMILES string of the molecule is C1=CCCC(n2c3ccccc3c3ccc([Si](c4ccccc4)(c4ccccc4)c4ccc(-n5c6ccccc6c6cc7c8ccccc8n(-c8ccccc8)c7cc65)cc4)cc32)=C1. The number of aromatic nitrogens is 3. The molecule has 12 aromatic rings. The van der Waals surface area contributed by atoms with E-state index in [1.807, 2.05) is 0 Å². The van der Waals surface area contributed by atoms with Crippen molar-refractivity contribution in [3.05, 3.63) is 237 Å². The molecule has 3 nitrogen and oxygen atoms in total. The van der Waals surface area contributed by atoms with Crippen molar-refractivity contribution in [1.82, 2.24) is 13.7 Å². The summed E-state index contributed by atoms with van der Waals surface area (Å²) < 4.78 is 7.44. The van der Waals surface area contributed by atoms with Gasteiger partial charge in [-0.3, -0.25) is 0 Å². The van der Waals surface area contributed by atoms with Crippen molar-refractivity contribution in [2.24, 2.45) is 0 Å². The molecule has 0 fully saturated rings. The van der Waals surface area contributed by atoms with E-state index in [9.17, 15) is 0 Å². The zero-order valence-corrected chi connectivity index (χ0v) is 36.3. The van der Waals surface area contributed by atoms with Gasteiger partial charge in [-0.1, -0.05) is 170 Å². The quantitative estimate of drug-likeness (QED) is 0.112. The predicted molar refractivity (Wildman–Crippen MR) is 274 cm³/mol. The second-order valence-corrected chi connectivity index (χ2v) is 21.0. The number of benzene rings is 9. The Balaban J connectivity index is 1.06. The lowest BCUT2D eigenvalue weighted by Crippen LogP contribution is -2.74. The van der Waals surface area contributed by atoms with Gasteiger partial charge in [-0.2, -0.15) is 0 Å². The lowest BCUT2D eigenvalue weighted by atomic mass is 10.1. The largest absolute Gasteiger partial charge is 0.313 e. The van der Waals surface area contributed by atoms with Crippen molar-refractivity contribution in [2.75, 3.05) is 0 Å². The molecule has 0 N–H and O–H groups in total. The summed E-state index contributed by atoms with van der Waals surface area (Å²) in [7, 11) is -2.91. The Labute approximate surface area is 372 Å². The van der Waals surface area contributed by atoms with Gasteiger partial charge >= 0.3 is 0 Å². The second kappa shape index (κ2) is 14.6. The van der Waals surface area contributed by atoms with E-state index in [-0.39, 0.29) is 0 Å². The van der Waals surface area contributed by atoms with Gasteiger partial charge in [0.25, 0.3) is 0 Å². The number of nitrogens with zero attached hydrogens (tertiary/aromatic N) is 3. The van der Waals surface area contributed by atoms with E-state index >= 15 is 0 Å². The Kier molecular flexibility index (Phi) is 8.37. The summed E-state index contributed by atoms with van der Waals surface area (Å²) in [5.41, 5.74) is 11.0. The highest BCUT2D eigenvalue weighted by Gasteiger charge is 2.42. The summed E-state index contributed by atoms with van der Waals surface area (Å²) in [6, 6.07) is 81.9. The molecule has 3 aromatic heterocycles. The van der Waals surface area contributed by atoms with Gasteiger partial charge in [0.05, 0.1) is 33.1 Å². The van der Waals surface area contributed by atoms with Gasteiger partial charge in [0, 0.05) is 49.4 Å². The summed E-state index contributed by atoms with van der Waals surface area (Å²) in [4.78, 5) is 0. The highest BCUT2D eigenvalue weighted by molar-refractivity contribution is 7.20. The maximum atomic E-state index is 2.54. The molecule has 13 rings (SSSR count).